The highest BCUT2D eigenvalue weighted by atomic mass is 16.5. The van der Waals surface area contributed by atoms with Crippen molar-refractivity contribution in [2.24, 2.45) is 0 Å². The lowest BCUT2D eigenvalue weighted by Gasteiger charge is -2.31. The minimum absolute atomic E-state index is 0.840. The number of nitrogens with zero attached hydrogens (tertiary/aromatic N) is 2. The molecule has 2 aliphatic rings. The maximum Gasteiger partial charge on any atom is 0.0474 e. The number of rotatable bonds is 4. The van der Waals surface area contributed by atoms with Gasteiger partial charge in [0.15, 0.2) is 0 Å². The average molecular weight is 184 g/mol. The predicted molar refractivity (Wildman–Crippen MR) is 52.9 cm³/mol. The minimum Gasteiger partial charge on any atom is -0.385 e. The fourth-order valence-corrected chi connectivity index (χ4v) is 2.63. The second-order valence-electron chi connectivity index (χ2n) is 4.32. The molecule has 2 bridgehead atoms. The van der Waals surface area contributed by atoms with Gasteiger partial charge in [0.25, 0.3) is 0 Å². The lowest BCUT2D eigenvalue weighted by molar-refractivity contribution is 0.127. The standard InChI is InChI=1S/C10H20N2O/c1-11-7-10-6-9(11)8-12(10)4-3-5-13-2/h9-10H,3-8H2,1-2H3. The Bertz CT molecular complexity index is 172. The molecule has 0 aromatic carbocycles. The Kier molecular flexibility index (Phi) is 2.86. The van der Waals surface area contributed by atoms with E-state index in [0.717, 1.165) is 18.7 Å². The quantitative estimate of drug-likeness (QED) is 0.589. The summed E-state index contributed by atoms with van der Waals surface area (Å²) in [5.41, 5.74) is 0. The molecule has 0 aliphatic carbocycles. The van der Waals surface area contributed by atoms with Gasteiger partial charge < -0.3 is 9.64 Å². The molecule has 2 saturated heterocycles. The van der Waals surface area contributed by atoms with Crippen molar-refractivity contribution in [1.82, 2.24) is 9.80 Å². The number of hydrogen-bond donors (Lipinski definition) is 0. The van der Waals surface area contributed by atoms with Gasteiger partial charge in [-0.25, -0.2) is 0 Å². The molecule has 2 unspecified atom stereocenters. The Balaban J connectivity index is 1.73. The number of fused-ring (bicyclic) bond motifs is 2. The summed E-state index contributed by atoms with van der Waals surface area (Å²) in [4.78, 5) is 5.13. The summed E-state index contributed by atoms with van der Waals surface area (Å²) in [7, 11) is 4.03. The van der Waals surface area contributed by atoms with Gasteiger partial charge in [0.05, 0.1) is 0 Å². The molecule has 2 rings (SSSR count). The molecule has 13 heavy (non-hydrogen) atoms. The van der Waals surface area contributed by atoms with Crippen molar-refractivity contribution in [2.75, 3.05) is 40.4 Å². The third-order valence-electron chi connectivity index (χ3n) is 3.42. The Morgan fingerprint density at radius 2 is 2.15 bits per heavy atom. The summed E-state index contributed by atoms with van der Waals surface area (Å²) in [5, 5.41) is 0. The van der Waals surface area contributed by atoms with Gasteiger partial charge in [0.1, 0.15) is 0 Å². The summed E-state index contributed by atoms with van der Waals surface area (Å²) in [6, 6.07) is 1.68. The molecule has 0 aromatic rings. The normalized spacial score (nSPS) is 34.6. The van der Waals surface area contributed by atoms with E-state index in [0.29, 0.717) is 0 Å². The lowest BCUT2D eigenvalue weighted by atomic mass is 10.2. The fourth-order valence-electron chi connectivity index (χ4n) is 2.63. The highest BCUT2D eigenvalue weighted by Gasteiger charge is 2.40. The van der Waals surface area contributed by atoms with E-state index in [4.69, 9.17) is 4.74 Å². The fraction of sp³-hybridized carbons (Fsp3) is 1.00. The molecule has 0 aromatic heterocycles. The van der Waals surface area contributed by atoms with Crippen LogP contribution in [0.4, 0.5) is 0 Å². The van der Waals surface area contributed by atoms with Crippen LogP contribution < -0.4 is 0 Å². The summed E-state index contributed by atoms with van der Waals surface area (Å²) >= 11 is 0. The summed E-state index contributed by atoms with van der Waals surface area (Å²) in [5.74, 6) is 0. The van der Waals surface area contributed by atoms with Crippen molar-refractivity contribution >= 4 is 0 Å². The number of likely N-dealkylation sites (N-methyl/N-ethyl adjacent to an activating group) is 1. The van der Waals surface area contributed by atoms with E-state index in [1.54, 1.807) is 7.11 Å². The predicted octanol–water partition coefficient (Wildman–Crippen LogP) is 0.411. The molecule has 2 aliphatic heterocycles. The van der Waals surface area contributed by atoms with Crippen LogP contribution >= 0.6 is 0 Å². The molecular weight excluding hydrogens is 164 g/mol. The third-order valence-corrected chi connectivity index (χ3v) is 3.42. The van der Waals surface area contributed by atoms with E-state index in [2.05, 4.69) is 16.8 Å². The molecule has 0 spiro atoms. The van der Waals surface area contributed by atoms with Gasteiger partial charge >= 0.3 is 0 Å². The van der Waals surface area contributed by atoms with Gasteiger partial charge in [-0.1, -0.05) is 0 Å². The third kappa shape index (κ3) is 1.87. The topological polar surface area (TPSA) is 15.7 Å². The first-order valence-corrected chi connectivity index (χ1v) is 5.24. The number of hydrogen-bond acceptors (Lipinski definition) is 3. The zero-order valence-corrected chi connectivity index (χ0v) is 8.70. The van der Waals surface area contributed by atoms with Gasteiger partial charge in [-0.2, -0.15) is 0 Å². The second kappa shape index (κ2) is 3.95. The van der Waals surface area contributed by atoms with Gasteiger partial charge in [0, 0.05) is 45.4 Å². The second-order valence-corrected chi connectivity index (χ2v) is 4.32. The van der Waals surface area contributed by atoms with Crippen LogP contribution in [0, 0.1) is 0 Å². The maximum atomic E-state index is 5.07. The molecule has 3 nitrogen and oxygen atoms in total. The Hall–Kier alpha value is -0.120. The lowest BCUT2D eigenvalue weighted by Crippen LogP contribution is -2.44. The van der Waals surface area contributed by atoms with E-state index in [1.807, 2.05) is 0 Å². The zero-order valence-electron chi connectivity index (χ0n) is 8.70. The SMILES string of the molecule is COCCCN1CC2CC1CN2C. The Labute approximate surface area is 80.6 Å². The molecule has 2 atom stereocenters. The summed E-state index contributed by atoms with van der Waals surface area (Å²) in [6.07, 6.45) is 2.58. The molecule has 3 heteroatoms. The maximum absolute atomic E-state index is 5.07. The minimum atomic E-state index is 0.840. The van der Waals surface area contributed by atoms with Crippen molar-refractivity contribution in [3.63, 3.8) is 0 Å². The number of piperazine rings is 1. The van der Waals surface area contributed by atoms with Gasteiger partial charge in [-0.3, -0.25) is 4.90 Å². The summed E-state index contributed by atoms with van der Waals surface area (Å²) in [6.45, 7) is 4.69. The number of likely N-dealkylation sites (tertiary alicyclic amines) is 2. The molecule has 2 heterocycles. The molecule has 76 valence electrons. The van der Waals surface area contributed by atoms with Gasteiger partial charge in [-0.15, -0.1) is 0 Å². The van der Waals surface area contributed by atoms with Crippen LogP contribution in [-0.2, 0) is 4.74 Å². The van der Waals surface area contributed by atoms with E-state index < -0.39 is 0 Å². The van der Waals surface area contributed by atoms with Gasteiger partial charge in [0.2, 0.25) is 0 Å². The first kappa shape index (κ1) is 9.44. The van der Waals surface area contributed by atoms with Crippen LogP contribution in [0.1, 0.15) is 12.8 Å². The van der Waals surface area contributed by atoms with E-state index in [1.165, 1.54) is 32.5 Å². The Morgan fingerprint density at radius 3 is 2.69 bits per heavy atom. The highest BCUT2D eigenvalue weighted by molar-refractivity contribution is 4.97. The van der Waals surface area contributed by atoms with Crippen LogP contribution in [0.3, 0.4) is 0 Å². The smallest absolute Gasteiger partial charge is 0.0474 e. The first-order chi connectivity index (χ1) is 6.31. The van der Waals surface area contributed by atoms with Crippen LogP contribution in [0.2, 0.25) is 0 Å². The average Bonchev–Trinajstić information content (AvgIpc) is 2.63. The zero-order chi connectivity index (χ0) is 9.26. The van der Waals surface area contributed by atoms with Gasteiger partial charge in [-0.05, 0) is 19.9 Å². The molecule has 0 amide bonds. The molecule has 0 N–H and O–H groups in total. The van der Waals surface area contributed by atoms with Crippen LogP contribution in [0.25, 0.3) is 0 Å². The molecule has 2 fully saturated rings. The van der Waals surface area contributed by atoms with Crippen molar-refractivity contribution in [3.8, 4) is 0 Å². The van der Waals surface area contributed by atoms with Crippen molar-refractivity contribution in [3.05, 3.63) is 0 Å². The summed E-state index contributed by atoms with van der Waals surface area (Å²) < 4.78 is 5.07. The van der Waals surface area contributed by atoms with Crippen LogP contribution in [0.5, 0.6) is 0 Å². The molecule has 0 radical (unpaired) electrons. The monoisotopic (exact) mass is 184 g/mol. The highest BCUT2D eigenvalue weighted by Crippen LogP contribution is 2.28. The molecular formula is C10H20N2O. The van der Waals surface area contributed by atoms with Crippen molar-refractivity contribution in [1.29, 1.82) is 0 Å². The van der Waals surface area contributed by atoms with Crippen molar-refractivity contribution < 1.29 is 4.74 Å². The van der Waals surface area contributed by atoms with Crippen LogP contribution in [-0.4, -0.2) is 62.3 Å². The van der Waals surface area contributed by atoms with E-state index in [-0.39, 0.29) is 0 Å². The van der Waals surface area contributed by atoms with E-state index in [9.17, 15) is 0 Å². The van der Waals surface area contributed by atoms with E-state index >= 15 is 0 Å². The van der Waals surface area contributed by atoms with Crippen LogP contribution in [0.15, 0.2) is 0 Å². The largest absolute Gasteiger partial charge is 0.385 e. The number of methoxy groups -OCH3 is 1. The van der Waals surface area contributed by atoms with Crippen molar-refractivity contribution in [2.45, 2.75) is 24.9 Å². The Morgan fingerprint density at radius 1 is 1.31 bits per heavy atom. The molecule has 0 saturated carbocycles. The first-order valence-electron chi connectivity index (χ1n) is 5.24. The number of ether oxygens (including phenoxy) is 1.